The molecule has 1 saturated carbocycles. The molecule has 3 unspecified atom stereocenters. The Labute approximate surface area is 101 Å². The summed E-state index contributed by atoms with van der Waals surface area (Å²) in [6.07, 6.45) is 3.48. The van der Waals surface area contributed by atoms with Gasteiger partial charge in [-0.3, -0.25) is 4.79 Å². The molecule has 0 saturated heterocycles. The molecule has 0 aromatic carbocycles. The lowest BCUT2D eigenvalue weighted by Crippen LogP contribution is -2.46. The number of carbonyl (C=O) groups excluding carboxylic acids is 1. The predicted octanol–water partition coefficient (Wildman–Crippen LogP) is 3.10. The summed E-state index contributed by atoms with van der Waals surface area (Å²) < 4.78 is -0.445. The molecule has 88 valence electrons. The molecule has 0 spiro atoms. The van der Waals surface area contributed by atoms with E-state index in [0.717, 1.165) is 24.7 Å². The molecule has 0 aromatic rings. The van der Waals surface area contributed by atoms with Gasteiger partial charge in [0.15, 0.2) is 0 Å². The van der Waals surface area contributed by atoms with E-state index in [1.165, 1.54) is 6.42 Å². The molecule has 0 bridgehead atoms. The summed E-state index contributed by atoms with van der Waals surface area (Å²) in [7, 11) is 0. The lowest BCUT2D eigenvalue weighted by Gasteiger charge is -2.33. The van der Waals surface area contributed by atoms with Crippen molar-refractivity contribution in [1.82, 2.24) is 5.32 Å². The van der Waals surface area contributed by atoms with Crippen molar-refractivity contribution in [3.8, 4) is 0 Å². The minimum Gasteiger partial charge on any atom is -0.352 e. The SMILES string of the molecule is CC1CCC(NC(=O)C(C)(C)Br)CC1C. The average Bonchev–Trinajstić information content (AvgIpc) is 2.10. The van der Waals surface area contributed by atoms with Crippen molar-refractivity contribution < 1.29 is 4.79 Å². The van der Waals surface area contributed by atoms with Gasteiger partial charge in [-0.1, -0.05) is 29.8 Å². The van der Waals surface area contributed by atoms with Crippen LogP contribution in [0.2, 0.25) is 0 Å². The topological polar surface area (TPSA) is 29.1 Å². The third-order valence-corrected chi connectivity index (χ3v) is 3.83. The van der Waals surface area contributed by atoms with Crippen molar-refractivity contribution in [2.24, 2.45) is 11.8 Å². The fourth-order valence-corrected chi connectivity index (χ4v) is 2.15. The Balaban J connectivity index is 2.44. The largest absolute Gasteiger partial charge is 0.352 e. The van der Waals surface area contributed by atoms with E-state index in [1.807, 2.05) is 13.8 Å². The Hall–Kier alpha value is -0.0500. The summed E-state index contributed by atoms with van der Waals surface area (Å²) in [4.78, 5) is 11.8. The summed E-state index contributed by atoms with van der Waals surface area (Å²) >= 11 is 3.39. The van der Waals surface area contributed by atoms with E-state index in [9.17, 15) is 4.79 Å². The van der Waals surface area contributed by atoms with E-state index >= 15 is 0 Å². The molecule has 1 amide bonds. The van der Waals surface area contributed by atoms with Crippen LogP contribution in [0.1, 0.15) is 47.0 Å². The van der Waals surface area contributed by atoms with Gasteiger partial charge in [-0.05, 0) is 44.9 Å². The Morgan fingerprint density at radius 3 is 2.33 bits per heavy atom. The molecular weight excluding hydrogens is 254 g/mol. The number of halogens is 1. The van der Waals surface area contributed by atoms with Gasteiger partial charge in [0.05, 0.1) is 4.32 Å². The van der Waals surface area contributed by atoms with Crippen molar-refractivity contribution in [2.75, 3.05) is 0 Å². The van der Waals surface area contributed by atoms with Crippen LogP contribution in [-0.4, -0.2) is 16.3 Å². The average molecular weight is 276 g/mol. The Morgan fingerprint density at radius 2 is 1.87 bits per heavy atom. The van der Waals surface area contributed by atoms with Gasteiger partial charge in [-0.15, -0.1) is 0 Å². The minimum atomic E-state index is -0.445. The van der Waals surface area contributed by atoms with Crippen molar-refractivity contribution in [3.63, 3.8) is 0 Å². The van der Waals surface area contributed by atoms with Crippen molar-refractivity contribution in [2.45, 2.75) is 57.3 Å². The molecule has 0 aliphatic heterocycles. The second-order valence-corrected chi connectivity index (χ2v) is 7.39. The zero-order valence-corrected chi connectivity index (χ0v) is 11.7. The highest BCUT2D eigenvalue weighted by atomic mass is 79.9. The second-order valence-electron chi connectivity index (χ2n) is 5.41. The van der Waals surface area contributed by atoms with Crippen LogP contribution < -0.4 is 5.32 Å². The van der Waals surface area contributed by atoms with Gasteiger partial charge < -0.3 is 5.32 Å². The summed E-state index contributed by atoms with van der Waals surface area (Å²) in [6.45, 7) is 8.35. The highest BCUT2D eigenvalue weighted by Crippen LogP contribution is 2.29. The lowest BCUT2D eigenvalue weighted by molar-refractivity contribution is -0.123. The fourth-order valence-electron chi connectivity index (χ4n) is 2.04. The molecule has 1 fully saturated rings. The summed E-state index contributed by atoms with van der Waals surface area (Å²) in [5.41, 5.74) is 0. The first kappa shape index (κ1) is 13.0. The first-order valence-electron chi connectivity index (χ1n) is 5.80. The van der Waals surface area contributed by atoms with Gasteiger partial charge in [0.1, 0.15) is 0 Å². The fraction of sp³-hybridized carbons (Fsp3) is 0.917. The number of hydrogen-bond donors (Lipinski definition) is 1. The predicted molar refractivity (Wildman–Crippen MR) is 67.1 cm³/mol. The third-order valence-electron chi connectivity index (χ3n) is 3.47. The van der Waals surface area contributed by atoms with Crippen LogP contribution in [0.3, 0.4) is 0 Å². The molecule has 0 radical (unpaired) electrons. The first-order valence-corrected chi connectivity index (χ1v) is 6.60. The molecule has 0 aromatic heterocycles. The highest BCUT2D eigenvalue weighted by molar-refractivity contribution is 9.10. The molecule has 1 rings (SSSR count). The zero-order chi connectivity index (χ0) is 11.6. The van der Waals surface area contributed by atoms with Crippen molar-refractivity contribution in [1.29, 1.82) is 0 Å². The van der Waals surface area contributed by atoms with Crippen molar-refractivity contribution in [3.05, 3.63) is 0 Å². The van der Waals surface area contributed by atoms with Crippen molar-refractivity contribution >= 4 is 21.8 Å². The molecule has 15 heavy (non-hydrogen) atoms. The number of rotatable bonds is 2. The van der Waals surface area contributed by atoms with Crippen LogP contribution >= 0.6 is 15.9 Å². The highest BCUT2D eigenvalue weighted by Gasteiger charge is 2.29. The number of hydrogen-bond acceptors (Lipinski definition) is 1. The maximum absolute atomic E-state index is 11.8. The molecule has 0 heterocycles. The van der Waals surface area contributed by atoms with Crippen LogP contribution in [-0.2, 0) is 4.79 Å². The molecule has 1 aliphatic rings. The summed E-state index contributed by atoms with van der Waals surface area (Å²) in [5, 5.41) is 3.12. The summed E-state index contributed by atoms with van der Waals surface area (Å²) in [5.74, 6) is 1.63. The number of nitrogens with one attached hydrogen (secondary N) is 1. The monoisotopic (exact) mass is 275 g/mol. The van der Waals surface area contributed by atoms with E-state index in [0.29, 0.717) is 6.04 Å². The van der Waals surface area contributed by atoms with E-state index in [1.54, 1.807) is 0 Å². The van der Waals surface area contributed by atoms with E-state index in [-0.39, 0.29) is 5.91 Å². The maximum Gasteiger partial charge on any atom is 0.236 e. The molecule has 1 aliphatic carbocycles. The van der Waals surface area contributed by atoms with E-state index < -0.39 is 4.32 Å². The van der Waals surface area contributed by atoms with Gasteiger partial charge in [0.2, 0.25) is 5.91 Å². The van der Waals surface area contributed by atoms with Crippen LogP contribution in [0.5, 0.6) is 0 Å². The van der Waals surface area contributed by atoms with Crippen LogP contribution in [0.25, 0.3) is 0 Å². The molecule has 3 atom stereocenters. The second kappa shape index (κ2) is 4.86. The minimum absolute atomic E-state index is 0.106. The first-order chi connectivity index (χ1) is 6.80. The number of carbonyl (C=O) groups is 1. The van der Waals surface area contributed by atoms with Gasteiger partial charge in [0.25, 0.3) is 0 Å². The van der Waals surface area contributed by atoms with E-state index in [4.69, 9.17) is 0 Å². The Morgan fingerprint density at radius 1 is 1.27 bits per heavy atom. The van der Waals surface area contributed by atoms with Crippen LogP contribution in [0.15, 0.2) is 0 Å². The Bertz CT molecular complexity index is 234. The standard InChI is InChI=1S/C12H22BrNO/c1-8-5-6-10(7-9(8)2)14-11(15)12(3,4)13/h8-10H,5-7H2,1-4H3,(H,14,15). The Kier molecular flexibility index (Phi) is 4.21. The zero-order valence-electron chi connectivity index (χ0n) is 10.1. The quantitative estimate of drug-likeness (QED) is 0.771. The van der Waals surface area contributed by atoms with E-state index in [2.05, 4.69) is 35.1 Å². The van der Waals surface area contributed by atoms with Crippen LogP contribution in [0.4, 0.5) is 0 Å². The maximum atomic E-state index is 11.8. The molecule has 1 N–H and O–H groups in total. The van der Waals surface area contributed by atoms with Crippen LogP contribution in [0, 0.1) is 11.8 Å². The van der Waals surface area contributed by atoms with Gasteiger partial charge in [-0.25, -0.2) is 0 Å². The number of amides is 1. The number of alkyl halides is 1. The van der Waals surface area contributed by atoms with Gasteiger partial charge in [0, 0.05) is 6.04 Å². The summed E-state index contributed by atoms with van der Waals surface area (Å²) in [6, 6.07) is 0.375. The molecule has 2 nitrogen and oxygen atoms in total. The van der Waals surface area contributed by atoms with Gasteiger partial charge >= 0.3 is 0 Å². The van der Waals surface area contributed by atoms with Gasteiger partial charge in [-0.2, -0.15) is 0 Å². The normalized spacial score (nSPS) is 32.5. The lowest BCUT2D eigenvalue weighted by atomic mass is 9.79. The smallest absolute Gasteiger partial charge is 0.236 e. The third kappa shape index (κ3) is 3.78. The molecular formula is C12H22BrNO. The molecule has 3 heteroatoms.